The standard InChI is InChI=1S/C16H21FO3/c1-3-5-13(14(17)4-2)15(12-18)6-8-16(9-7-15)19-10-11-20-16/h3-5,12H,2,6-11H2,1H3/b5-3?,14-13-. The first kappa shape index (κ1) is 15.1. The van der Waals surface area contributed by atoms with E-state index in [0.717, 1.165) is 12.4 Å². The molecule has 0 N–H and O–H groups in total. The van der Waals surface area contributed by atoms with E-state index in [-0.39, 0.29) is 0 Å². The van der Waals surface area contributed by atoms with Gasteiger partial charge in [0.05, 0.1) is 18.6 Å². The van der Waals surface area contributed by atoms with E-state index in [9.17, 15) is 9.18 Å². The van der Waals surface area contributed by atoms with Crippen LogP contribution in [0.5, 0.6) is 0 Å². The highest BCUT2D eigenvalue weighted by molar-refractivity contribution is 5.68. The van der Waals surface area contributed by atoms with Crippen LogP contribution in [-0.4, -0.2) is 25.3 Å². The average Bonchev–Trinajstić information content (AvgIpc) is 2.94. The minimum absolute atomic E-state index is 0.415. The Hall–Kier alpha value is -1.26. The van der Waals surface area contributed by atoms with Crippen LogP contribution < -0.4 is 0 Å². The molecule has 2 fully saturated rings. The third-order valence-corrected chi connectivity index (χ3v) is 4.25. The van der Waals surface area contributed by atoms with Crippen molar-refractivity contribution in [3.8, 4) is 0 Å². The maximum atomic E-state index is 14.1. The Morgan fingerprint density at radius 1 is 1.20 bits per heavy atom. The second-order valence-corrected chi connectivity index (χ2v) is 5.35. The normalized spacial score (nSPS) is 25.7. The van der Waals surface area contributed by atoms with Crippen LogP contribution in [0.1, 0.15) is 32.6 Å². The van der Waals surface area contributed by atoms with Crippen LogP contribution in [0.15, 0.2) is 36.2 Å². The largest absolute Gasteiger partial charge is 0.348 e. The number of hydrogen-bond donors (Lipinski definition) is 0. The quantitative estimate of drug-likeness (QED) is 0.584. The number of carbonyl (C=O) groups is 1. The van der Waals surface area contributed by atoms with Gasteiger partial charge in [-0.05, 0) is 25.8 Å². The number of ether oxygens (including phenoxy) is 2. The molecule has 1 saturated heterocycles. The summed E-state index contributed by atoms with van der Waals surface area (Å²) in [7, 11) is 0. The van der Waals surface area contributed by atoms with Crippen LogP contribution in [0.25, 0.3) is 0 Å². The lowest BCUT2D eigenvalue weighted by Crippen LogP contribution is -2.41. The summed E-state index contributed by atoms with van der Waals surface area (Å²) < 4.78 is 25.4. The lowest BCUT2D eigenvalue weighted by atomic mass is 9.68. The van der Waals surface area contributed by atoms with Gasteiger partial charge in [0.2, 0.25) is 0 Å². The molecule has 0 atom stereocenters. The maximum absolute atomic E-state index is 14.1. The van der Waals surface area contributed by atoms with Gasteiger partial charge in [-0.25, -0.2) is 4.39 Å². The van der Waals surface area contributed by atoms with Crippen molar-refractivity contribution in [2.24, 2.45) is 5.41 Å². The summed E-state index contributed by atoms with van der Waals surface area (Å²) in [6, 6.07) is 0. The molecule has 4 heteroatoms. The lowest BCUT2D eigenvalue weighted by Gasteiger charge is -2.41. The van der Waals surface area contributed by atoms with E-state index in [0.29, 0.717) is 44.5 Å². The van der Waals surface area contributed by atoms with Gasteiger partial charge in [-0.2, -0.15) is 0 Å². The Bertz CT molecular complexity index is 435. The zero-order chi connectivity index (χ0) is 14.6. The Morgan fingerprint density at radius 3 is 2.25 bits per heavy atom. The molecule has 0 aromatic carbocycles. The van der Waals surface area contributed by atoms with Crippen molar-refractivity contribution in [3.63, 3.8) is 0 Å². The Labute approximate surface area is 119 Å². The molecule has 0 unspecified atom stereocenters. The molecular formula is C16H21FO3. The van der Waals surface area contributed by atoms with Gasteiger partial charge in [-0.1, -0.05) is 18.7 Å². The summed E-state index contributed by atoms with van der Waals surface area (Å²) in [5.74, 6) is -0.988. The van der Waals surface area contributed by atoms with Gasteiger partial charge in [-0.15, -0.1) is 0 Å². The third kappa shape index (κ3) is 2.63. The summed E-state index contributed by atoms with van der Waals surface area (Å²) in [5, 5.41) is 0. The molecule has 1 saturated carbocycles. The van der Waals surface area contributed by atoms with Crippen molar-refractivity contribution < 1.29 is 18.7 Å². The number of aldehydes is 1. The maximum Gasteiger partial charge on any atom is 0.168 e. The molecule has 0 aromatic heterocycles. The fourth-order valence-corrected chi connectivity index (χ4v) is 3.07. The van der Waals surface area contributed by atoms with Crippen molar-refractivity contribution in [2.45, 2.75) is 38.4 Å². The third-order valence-electron chi connectivity index (χ3n) is 4.25. The minimum Gasteiger partial charge on any atom is -0.348 e. The number of allylic oxidation sites excluding steroid dienone is 5. The predicted molar refractivity (Wildman–Crippen MR) is 74.7 cm³/mol. The van der Waals surface area contributed by atoms with Crippen LogP contribution in [0.4, 0.5) is 4.39 Å². The smallest absolute Gasteiger partial charge is 0.168 e. The predicted octanol–water partition coefficient (Wildman–Crippen LogP) is 3.47. The molecule has 1 spiro atoms. The van der Waals surface area contributed by atoms with E-state index >= 15 is 0 Å². The van der Waals surface area contributed by atoms with Crippen LogP contribution in [-0.2, 0) is 14.3 Å². The Kier molecular flexibility index (Phi) is 4.55. The van der Waals surface area contributed by atoms with Gasteiger partial charge in [0, 0.05) is 18.4 Å². The fourth-order valence-electron chi connectivity index (χ4n) is 3.07. The average molecular weight is 280 g/mol. The SMILES string of the molecule is C=C/C(F)=C(\C=CC)C1(C=O)CCC2(CC1)OCCO2. The Balaban J connectivity index is 2.27. The zero-order valence-corrected chi connectivity index (χ0v) is 11.9. The number of carbonyl (C=O) groups excluding carboxylic acids is 1. The van der Waals surface area contributed by atoms with Crippen LogP contribution in [0.2, 0.25) is 0 Å². The molecule has 0 radical (unpaired) electrons. The zero-order valence-electron chi connectivity index (χ0n) is 11.9. The summed E-state index contributed by atoms with van der Waals surface area (Å²) in [6.07, 6.45) is 7.71. The molecular weight excluding hydrogens is 259 g/mol. The summed E-state index contributed by atoms with van der Waals surface area (Å²) in [4.78, 5) is 11.7. The van der Waals surface area contributed by atoms with Crippen molar-refractivity contribution in [2.75, 3.05) is 13.2 Å². The van der Waals surface area contributed by atoms with Gasteiger partial charge in [0.15, 0.2) is 5.79 Å². The topological polar surface area (TPSA) is 35.5 Å². The summed E-state index contributed by atoms with van der Waals surface area (Å²) in [5.41, 5.74) is -0.386. The lowest BCUT2D eigenvalue weighted by molar-refractivity contribution is -0.187. The number of halogens is 1. The van der Waals surface area contributed by atoms with Gasteiger partial charge < -0.3 is 14.3 Å². The highest BCUT2D eigenvalue weighted by atomic mass is 19.1. The van der Waals surface area contributed by atoms with E-state index in [1.54, 1.807) is 12.2 Å². The number of rotatable bonds is 4. The van der Waals surface area contributed by atoms with Crippen molar-refractivity contribution in [3.05, 3.63) is 36.2 Å². The van der Waals surface area contributed by atoms with E-state index < -0.39 is 17.0 Å². The second-order valence-electron chi connectivity index (χ2n) is 5.35. The number of hydrogen-bond acceptors (Lipinski definition) is 3. The minimum atomic E-state index is -0.800. The van der Waals surface area contributed by atoms with Crippen LogP contribution >= 0.6 is 0 Å². The van der Waals surface area contributed by atoms with E-state index in [1.807, 2.05) is 6.92 Å². The van der Waals surface area contributed by atoms with Gasteiger partial charge in [-0.3, -0.25) is 0 Å². The first-order chi connectivity index (χ1) is 9.61. The van der Waals surface area contributed by atoms with Crippen molar-refractivity contribution in [1.29, 1.82) is 0 Å². The van der Waals surface area contributed by atoms with Crippen LogP contribution in [0.3, 0.4) is 0 Å². The highest BCUT2D eigenvalue weighted by Gasteiger charge is 2.48. The molecule has 20 heavy (non-hydrogen) atoms. The molecule has 0 amide bonds. The first-order valence-electron chi connectivity index (χ1n) is 7.01. The second kappa shape index (κ2) is 6.02. The van der Waals surface area contributed by atoms with Crippen LogP contribution in [0, 0.1) is 5.41 Å². The van der Waals surface area contributed by atoms with Gasteiger partial charge in [0.1, 0.15) is 12.1 Å². The highest BCUT2D eigenvalue weighted by Crippen LogP contribution is 2.48. The molecule has 0 aromatic rings. The summed E-state index contributed by atoms with van der Waals surface area (Å²) >= 11 is 0. The van der Waals surface area contributed by atoms with E-state index in [4.69, 9.17) is 9.47 Å². The molecule has 2 rings (SSSR count). The van der Waals surface area contributed by atoms with Gasteiger partial charge >= 0.3 is 0 Å². The fraction of sp³-hybridized carbons (Fsp3) is 0.562. The molecule has 2 aliphatic rings. The molecule has 110 valence electrons. The molecule has 1 aliphatic carbocycles. The first-order valence-corrected chi connectivity index (χ1v) is 7.01. The monoisotopic (exact) mass is 280 g/mol. The Morgan fingerprint density at radius 2 is 1.80 bits per heavy atom. The summed E-state index contributed by atoms with van der Waals surface area (Å²) in [6.45, 7) is 6.45. The van der Waals surface area contributed by atoms with E-state index in [1.165, 1.54) is 0 Å². The molecule has 1 heterocycles. The van der Waals surface area contributed by atoms with E-state index in [2.05, 4.69) is 6.58 Å². The molecule has 0 bridgehead atoms. The van der Waals surface area contributed by atoms with Crippen molar-refractivity contribution in [1.82, 2.24) is 0 Å². The van der Waals surface area contributed by atoms with Crippen molar-refractivity contribution >= 4 is 6.29 Å². The van der Waals surface area contributed by atoms with Gasteiger partial charge in [0.25, 0.3) is 0 Å². The molecule has 1 aliphatic heterocycles. The molecule has 3 nitrogen and oxygen atoms in total.